The molecular weight excluding hydrogens is 310 g/mol. The summed E-state index contributed by atoms with van der Waals surface area (Å²) < 4.78 is 0.917. The number of carbonyl (C=O) groups excluding carboxylic acids is 1. The molecule has 0 fully saturated rings. The lowest BCUT2D eigenvalue weighted by Crippen LogP contribution is -2.33. The normalized spacial score (nSPS) is 12.1. The number of hydrogen-bond donors (Lipinski definition) is 1. The monoisotopic (exact) mass is 323 g/mol. The predicted molar refractivity (Wildman–Crippen MR) is 79.1 cm³/mol. The van der Waals surface area contributed by atoms with Crippen molar-refractivity contribution in [3.05, 3.63) is 56.7 Å². The Hall–Kier alpha value is -1.13. The second kappa shape index (κ2) is 6.16. The van der Waals surface area contributed by atoms with Crippen molar-refractivity contribution in [2.75, 3.05) is 0 Å². The third-order valence-corrected chi connectivity index (χ3v) is 3.81. The summed E-state index contributed by atoms with van der Waals surface area (Å²) in [7, 11) is 0. The van der Waals surface area contributed by atoms with E-state index in [-0.39, 0.29) is 11.9 Å². The Bertz CT molecular complexity index is 524. The highest BCUT2D eigenvalue weighted by atomic mass is 79.9. The van der Waals surface area contributed by atoms with Crippen molar-refractivity contribution in [1.29, 1.82) is 0 Å². The zero-order valence-electron chi connectivity index (χ0n) is 10.0. The number of rotatable bonds is 4. The van der Waals surface area contributed by atoms with Gasteiger partial charge in [0, 0.05) is 16.1 Å². The molecule has 0 aliphatic carbocycles. The summed E-state index contributed by atoms with van der Waals surface area (Å²) in [5.74, 6) is -0.0287. The van der Waals surface area contributed by atoms with Gasteiger partial charge in [0.25, 0.3) is 5.91 Å². The average molecular weight is 324 g/mol. The maximum Gasteiger partial charge on any atom is 0.251 e. The molecule has 1 N–H and O–H groups in total. The minimum atomic E-state index is -0.0287. The van der Waals surface area contributed by atoms with Crippen LogP contribution >= 0.6 is 27.3 Å². The summed E-state index contributed by atoms with van der Waals surface area (Å²) in [5, 5.41) is 7.17. The van der Waals surface area contributed by atoms with Gasteiger partial charge in [0.1, 0.15) is 0 Å². The van der Waals surface area contributed by atoms with E-state index in [9.17, 15) is 4.79 Å². The van der Waals surface area contributed by atoms with Crippen molar-refractivity contribution in [3.63, 3.8) is 0 Å². The van der Waals surface area contributed by atoms with Gasteiger partial charge in [-0.15, -0.1) is 0 Å². The first-order valence-corrected chi connectivity index (χ1v) is 7.46. The Labute approximate surface area is 119 Å². The van der Waals surface area contributed by atoms with Crippen LogP contribution in [0.4, 0.5) is 0 Å². The van der Waals surface area contributed by atoms with Crippen LogP contribution in [-0.2, 0) is 6.42 Å². The van der Waals surface area contributed by atoms with Crippen molar-refractivity contribution >= 4 is 33.2 Å². The highest BCUT2D eigenvalue weighted by Crippen LogP contribution is 2.12. The first-order chi connectivity index (χ1) is 8.65. The molecule has 0 radical (unpaired) electrons. The van der Waals surface area contributed by atoms with Gasteiger partial charge >= 0.3 is 0 Å². The number of nitrogens with one attached hydrogen (secondary N) is 1. The molecule has 1 unspecified atom stereocenters. The number of hydrogen-bond acceptors (Lipinski definition) is 2. The maximum atomic E-state index is 12.0. The quantitative estimate of drug-likeness (QED) is 0.909. The average Bonchev–Trinajstić information content (AvgIpc) is 2.81. The Morgan fingerprint density at radius 3 is 2.94 bits per heavy atom. The third-order valence-electron chi connectivity index (χ3n) is 2.59. The number of halogens is 1. The topological polar surface area (TPSA) is 29.1 Å². The molecule has 1 atom stereocenters. The molecule has 1 heterocycles. The number of benzene rings is 1. The van der Waals surface area contributed by atoms with Crippen LogP contribution < -0.4 is 5.32 Å². The number of amides is 1. The number of thiophene rings is 1. The van der Waals surface area contributed by atoms with Crippen molar-refractivity contribution < 1.29 is 4.79 Å². The van der Waals surface area contributed by atoms with Crippen molar-refractivity contribution in [2.45, 2.75) is 19.4 Å². The van der Waals surface area contributed by atoms with Crippen LogP contribution in [0.5, 0.6) is 0 Å². The minimum absolute atomic E-state index is 0.0287. The van der Waals surface area contributed by atoms with E-state index < -0.39 is 0 Å². The fourth-order valence-corrected chi connectivity index (χ4v) is 2.83. The Morgan fingerprint density at radius 1 is 1.44 bits per heavy atom. The summed E-state index contributed by atoms with van der Waals surface area (Å²) in [6, 6.07) is 9.64. The molecule has 18 heavy (non-hydrogen) atoms. The third kappa shape index (κ3) is 3.68. The molecule has 2 nitrogen and oxygen atoms in total. The van der Waals surface area contributed by atoms with Gasteiger partial charge in [0.05, 0.1) is 0 Å². The second-order valence-corrected chi connectivity index (χ2v) is 5.92. The van der Waals surface area contributed by atoms with Crippen molar-refractivity contribution in [2.24, 2.45) is 0 Å². The predicted octanol–water partition coefficient (Wildman–Crippen LogP) is 3.87. The van der Waals surface area contributed by atoms with Gasteiger partial charge in [-0.1, -0.05) is 22.0 Å². The maximum absolute atomic E-state index is 12.0. The lowest BCUT2D eigenvalue weighted by atomic mass is 10.1. The van der Waals surface area contributed by atoms with Gasteiger partial charge in [-0.05, 0) is 53.9 Å². The van der Waals surface area contributed by atoms with Crippen molar-refractivity contribution in [3.8, 4) is 0 Å². The molecular formula is C14H14BrNOS. The van der Waals surface area contributed by atoms with Crippen molar-refractivity contribution in [1.82, 2.24) is 5.32 Å². The van der Waals surface area contributed by atoms with E-state index in [1.165, 1.54) is 5.56 Å². The number of carbonyl (C=O) groups is 1. The molecule has 0 spiro atoms. The van der Waals surface area contributed by atoms with Gasteiger partial charge in [-0.2, -0.15) is 11.3 Å². The van der Waals surface area contributed by atoms with E-state index in [0.29, 0.717) is 5.56 Å². The summed E-state index contributed by atoms with van der Waals surface area (Å²) in [6.07, 6.45) is 0.864. The molecule has 0 saturated heterocycles. The van der Waals surface area contributed by atoms with E-state index in [2.05, 4.69) is 38.1 Å². The molecule has 94 valence electrons. The highest BCUT2D eigenvalue weighted by molar-refractivity contribution is 9.10. The molecule has 2 rings (SSSR count). The second-order valence-electron chi connectivity index (χ2n) is 4.22. The standard InChI is InChI=1S/C14H14BrNOS/c1-10(7-11-5-6-18-9-11)16-14(17)12-3-2-4-13(15)8-12/h2-6,8-10H,7H2,1H3,(H,16,17). The molecule has 1 aromatic carbocycles. The van der Waals surface area contributed by atoms with E-state index >= 15 is 0 Å². The van der Waals surface area contributed by atoms with Crippen LogP contribution in [0.25, 0.3) is 0 Å². The van der Waals surface area contributed by atoms with Crippen LogP contribution in [0.3, 0.4) is 0 Å². The zero-order chi connectivity index (χ0) is 13.0. The summed E-state index contributed by atoms with van der Waals surface area (Å²) in [6.45, 7) is 2.02. The highest BCUT2D eigenvalue weighted by Gasteiger charge is 2.10. The van der Waals surface area contributed by atoms with Crippen LogP contribution in [-0.4, -0.2) is 11.9 Å². The molecule has 2 aromatic rings. The van der Waals surface area contributed by atoms with E-state index in [4.69, 9.17) is 0 Å². The molecule has 1 aromatic heterocycles. The Kier molecular flexibility index (Phi) is 4.55. The van der Waals surface area contributed by atoms with Gasteiger partial charge in [-0.3, -0.25) is 4.79 Å². The fourth-order valence-electron chi connectivity index (χ4n) is 1.75. The largest absolute Gasteiger partial charge is 0.349 e. The van der Waals surface area contributed by atoms with Crippen LogP contribution in [0.1, 0.15) is 22.8 Å². The van der Waals surface area contributed by atoms with Crippen LogP contribution in [0.15, 0.2) is 45.6 Å². The van der Waals surface area contributed by atoms with Gasteiger partial charge in [-0.25, -0.2) is 0 Å². The SMILES string of the molecule is CC(Cc1ccsc1)NC(=O)c1cccc(Br)c1. The first kappa shape index (κ1) is 13.3. The molecule has 0 aliphatic heterocycles. The van der Waals surface area contributed by atoms with E-state index in [1.807, 2.05) is 31.2 Å². The fraction of sp³-hybridized carbons (Fsp3) is 0.214. The molecule has 0 aliphatic rings. The first-order valence-electron chi connectivity index (χ1n) is 5.72. The summed E-state index contributed by atoms with van der Waals surface area (Å²) in [5.41, 5.74) is 1.95. The Morgan fingerprint density at radius 2 is 2.28 bits per heavy atom. The molecule has 0 saturated carbocycles. The molecule has 1 amide bonds. The summed E-state index contributed by atoms with van der Waals surface area (Å²) >= 11 is 5.05. The minimum Gasteiger partial charge on any atom is -0.349 e. The summed E-state index contributed by atoms with van der Waals surface area (Å²) in [4.78, 5) is 12.0. The zero-order valence-corrected chi connectivity index (χ0v) is 12.4. The smallest absolute Gasteiger partial charge is 0.251 e. The molecule has 0 bridgehead atoms. The van der Waals surface area contributed by atoms with Crippen LogP contribution in [0.2, 0.25) is 0 Å². The Balaban J connectivity index is 1.95. The molecule has 4 heteroatoms. The van der Waals surface area contributed by atoms with Gasteiger partial charge < -0.3 is 5.32 Å². The van der Waals surface area contributed by atoms with Gasteiger partial charge in [0.15, 0.2) is 0 Å². The van der Waals surface area contributed by atoms with E-state index in [0.717, 1.165) is 10.9 Å². The van der Waals surface area contributed by atoms with Crippen LogP contribution in [0, 0.1) is 0 Å². The lowest BCUT2D eigenvalue weighted by molar-refractivity contribution is 0.0940. The van der Waals surface area contributed by atoms with Gasteiger partial charge in [0.2, 0.25) is 0 Å². The van der Waals surface area contributed by atoms with E-state index in [1.54, 1.807) is 11.3 Å². The lowest BCUT2D eigenvalue weighted by Gasteiger charge is -2.13.